The van der Waals surface area contributed by atoms with Gasteiger partial charge in [-0.15, -0.1) is 0 Å². The summed E-state index contributed by atoms with van der Waals surface area (Å²) in [5.74, 6) is -1.93. The number of piperazine rings is 1. The van der Waals surface area contributed by atoms with Crippen LogP contribution in [0.5, 0.6) is 0 Å². The van der Waals surface area contributed by atoms with Crippen molar-refractivity contribution in [2.24, 2.45) is 0 Å². The highest BCUT2D eigenvalue weighted by Gasteiger charge is 2.29. The van der Waals surface area contributed by atoms with Crippen molar-refractivity contribution in [2.45, 2.75) is 17.4 Å². The van der Waals surface area contributed by atoms with Crippen LogP contribution >= 0.6 is 0 Å². The number of sulfonamides is 1. The van der Waals surface area contributed by atoms with Crippen LogP contribution in [0.1, 0.15) is 15.9 Å². The number of H-pyrrole nitrogens is 1. The van der Waals surface area contributed by atoms with E-state index in [1.54, 1.807) is 67.1 Å². The average Bonchev–Trinajstić information content (AvgIpc) is 3.48. The van der Waals surface area contributed by atoms with E-state index in [2.05, 4.69) is 20.6 Å². The molecule has 0 radical (unpaired) electrons. The Balaban J connectivity index is 1.16. The maximum Gasteiger partial charge on any atom is 0.254 e. The molecule has 3 N–H and O–H groups in total. The zero-order chi connectivity index (χ0) is 31.4. The van der Waals surface area contributed by atoms with Crippen LogP contribution in [-0.2, 0) is 21.2 Å². The molecule has 0 saturated carbocycles. The van der Waals surface area contributed by atoms with Gasteiger partial charge in [0.2, 0.25) is 15.9 Å². The standard InChI is InChI=1S/C33H31FN6O4S/c34-29-21-25(39-16-18-40(19-17-39)45(43,44)26-6-2-1-3-7-26)10-11-28(29)32(41)38-31(33(42)37-24-12-14-35-15-13-24)20-23-22-36-30-9-5-4-8-27(23)30/h1-15,21-22,31,36H,16-20H2,(H,38,41)(H,35,37,42). The van der Waals surface area contributed by atoms with Gasteiger partial charge in [0.05, 0.1) is 10.5 Å². The van der Waals surface area contributed by atoms with Gasteiger partial charge in [-0.1, -0.05) is 36.4 Å². The van der Waals surface area contributed by atoms with Crippen molar-refractivity contribution in [3.63, 3.8) is 0 Å². The number of hydrogen-bond acceptors (Lipinski definition) is 6. The maximum absolute atomic E-state index is 15.4. The summed E-state index contributed by atoms with van der Waals surface area (Å²) in [7, 11) is -3.62. The van der Waals surface area contributed by atoms with Crippen molar-refractivity contribution < 1.29 is 22.4 Å². The van der Waals surface area contributed by atoms with E-state index < -0.39 is 33.7 Å². The number of para-hydroxylation sites is 1. The second-order valence-corrected chi connectivity index (χ2v) is 12.6. The minimum Gasteiger partial charge on any atom is -0.369 e. The van der Waals surface area contributed by atoms with Crippen molar-refractivity contribution in [1.29, 1.82) is 0 Å². The third-order valence-corrected chi connectivity index (χ3v) is 9.76. The fourth-order valence-corrected chi connectivity index (χ4v) is 6.89. The highest BCUT2D eigenvalue weighted by molar-refractivity contribution is 7.89. The normalized spacial score (nSPS) is 14.6. The third-order valence-electron chi connectivity index (χ3n) is 7.85. The molecule has 5 aromatic rings. The quantitative estimate of drug-likeness (QED) is 0.225. The highest BCUT2D eigenvalue weighted by Crippen LogP contribution is 2.24. The second kappa shape index (κ2) is 12.9. The number of fused-ring (bicyclic) bond motifs is 1. The first-order valence-electron chi connectivity index (χ1n) is 14.5. The molecule has 1 unspecified atom stereocenters. The lowest BCUT2D eigenvalue weighted by molar-refractivity contribution is -0.118. The predicted octanol–water partition coefficient (Wildman–Crippen LogP) is 4.19. The van der Waals surface area contributed by atoms with E-state index >= 15 is 4.39 Å². The molecule has 3 aromatic carbocycles. The van der Waals surface area contributed by atoms with Gasteiger partial charge in [-0.2, -0.15) is 4.31 Å². The van der Waals surface area contributed by atoms with Gasteiger partial charge < -0.3 is 20.5 Å². The van der Waals surface area contributed by atoms with E-state index in [1.165, 1.54) is 16.4 Å². The van der Waals surface area contributed by atoms with Gasteiger partial charge in [-0.25, -0.2) is 12.8 Å². The van der Waals surface area contributed by atoms with Gasteiger partial charge in [0.25, 0.3) is 5.91 Å². The highest BCUT2D eigenvalue weighted by atomic mass is 32.2. The monoisotopic (exact) mass is 626 g/mol. The Hall–Kier alpha value is -5.07. The minimum absolute atomic E-state index is 0.169. The molecule has 0 aliphatic carbocycles. The smallest absolute Gasteiger partial charge is 0.254 e. The summed E-state index contributed by atoms with van der Waals surface area (Å²) in [5, 5.41) is 6.44. The summed E-state index contributed by atoms with van der Waals surface area (Å²) in [6.45, 7) is 1.20. The van der Waals surface area contributed by atoms with Crippen LogP contribution in [0.25, 0.3) is 10.9 Å². The number of pyridine rings is 1. The molecule has 45 heavy (non-hydrogen) atoms. The molecule has 230 valence electrons. The van der Waals surface area contributed by atoms with E-state index in [1.807, 2.05) is 29.2 Å². The lowest BCUT2D eigenvalue weighted by Gasteiger charge is -2.35. The zero-order valence-corrected chi connectivity index (χ0v) is 25.0. The average molecular weight is 627 g/mol. The van der Waals surface area contributed by atoms with Crippen molar-refractivity contribution in [1.82, 2.24) is 19.6 Å². The van der Waals surface area contributed by atoms with Crippen molar-refractivity contribution in [3.8, 4) is 0 Å². The SMILES string of the molecule is O=C(NC(Cc1c[nH]c2ccccc12)C(=O)Nc1ccncc1)c1ccc(N2CCN(S(=O)(=O)c3ccccc3)CC2)cc1F. The number of carbonyl (C=O) groups is 2. The lowest BCUT2D eigenvalue weighted by Crippen LogP contribution is -2.48. The maximum atomic E-state index is 15.4. The third kappa shape index (κ3) is 6.56. The summed E-state index contributed by atoms with van der Waals surface area (Å²) in [4.78, 5) is 36.0. The molecule has 1 saturated heterocycles. The summed E-state index contributed by atoms with van der Waals surface area (Å²) in [6.07, 6.45) is 5.05. The van der Waals surface area contributed by atoms with Crippen LogP contribution in [-0.4, -0.2) is 66.7 Å². The number of benzene rings is 3. The molecule has 2 amide bonds. The summed E-state index contributed by atoms with van der Waals surface area (Å²) < 4.78 is 42.8. The molecule has 1 fully saturated rings. The molecular formula is C33H31FN6O4S. The number of hydrogen-bond donors (Lipinski definition) is 3. The molecule has 1 atom stereocenters. The van der Waals surface area contributed by atoms with Crippen LogP contribution in [0.2, 0.25) is 0 Å². The van der Waals surface area contributed by atoms with Gasteiger partial charge in [-0.3, -0.25) is 14.6 Å². The Morgan fingerprint density at radius 1 is 0.911 bits per heavy atom. The van der Waals surface area contributed by atoms with E-state index in [-0.39, 0.29) is 30.0 Å². The number of rotatable bonds is 9. The van der Waals surface area contributed by atoms with Gasteiger partial charge in [0.1, 0.15) is 11.9 Å². The molecule has 1 aliphatic rings. The van der Waals surface area contributed by atoms with Crippen molar-refractivity contribution >= 4 is 44.1 Å². The van der Waals surface area contributed by atoms with Gasteiger partial charge in [0.15, 0.2) is 0 Å². The van der Waals surface area contributed by atoms with E-state index in [9.17, 15) is 18.0 Å². The zero-order valence-electron chi connectivity index (χ0n) is 24.2. The molecule has 0 spiro atoms. The first-order chi connectivity index (χ1) is 21.8. The van der Waals surface area contributed by atoms with Gasteiger partial charge in [-0.05, 0) is 54.1 Å². The molecule has 12 heteroatoms. The fourth-order valence-electron chi connectivity index (χ4n) is 5.44. The number of halogens is 1. The Labute approximate surface area is 259 Å². The number of anilines is 2. The molecule has 1 aliphatic heterocycles. The Morgan fingerprint density at radius 3 is 2.36 bits per heavy atom. The fraction of sp³-hybridized carbons (Fsp3) is 0.182. The van der Waals surface area contributed by atoms with Gasteiger partial charge in [0, 0.05) is 73.5 Å². The molecule has 10 nitrogen and oxygen atoms in total. The topological polar surface area (TPSA) is 127 Å². The van der Waals surface area contributed by atoms with Gasteiger partial charge >= 0.3 is 0 Å². The minimum atomic E-state index is -3.62. The summed E-state index contributed by atoms with van der Waals surface area (Å²) in [6, 6.07) is 22.4. The van der Waals surface area contributed by atoms with Crippen LogP contribution in [0.3, 0.4) is 0 Å². The number of aromatic amines is 1. The first-order valence-corrected chi connectivity index (χ1v) is 15.9. The predicted molar refractivity (Wildman–Crippen MR) is 170 cm³/mol. The Kier molecular flexibility index (Phi) is 8.58. The van der Waals surface area contributed by atoms with E-state index in [0.29, 0.717) is 24.5 Å². The van der Waals surface area contributed by atoms with E-state index in [4.69, 9.17) is 0 Å². The molecule has 2 aromatic heterocycles. The summed E-state index contributed by atoms with van der Waals surface area (Å²) in [5.41, 5.74) is 2.56. The van der Waals surface area contributed by atoms with Crippen LogP contribution in [0.15, 0.2) is 108 Å². The second-order valence-electron chi connectivity index (χ2n) is 10.7. The van der Waals surface area contributed by atoms with Crippen molar-refractivity contribution in [2.75, 3.05) is 36.4 Å². The summed E-state index contributed by atoms with van der Waals surface area (Å²) >= 11 is 0. The molecule has 6 rings (SSSR count). The lowest BCUT2D eigenvalue weighted by atomic mass is 10.0. The first kappa shape index (κ1) is 30.0. The number of nitrogens with one attached hydrogen (secondary N) is 3. The number of amides is 2. The number of aromatic nitrogens is 2. The Bertz CT molecular complexity index is 1930. The van der Waals surface area contributed by atoms with Crippen LogP contribution < -0.4 is 15.5 Å². The van der Waals surface area contributed by atoms with Crippen LogP contribution in [0.4, 0.5) is 15.8 Å². The van der Waals surface area contributed by atoms with Crippen LogP contribution in [0, 0.1) is 5.82 Å². The van der Waals surface area contributed by atoms with Crippen molar-refractivity contribution in [3.05, 3.63) is 120 Å². The van der Waals surface area contributed by atoms with E-state index in [0.717, 1.165) is 16.5 Å². The Morgan fingerprint density at radius 2 is 1.62 bits per heavy atom. The largest absolute Gasteiger partial charge is 0.369 e. The molecule has 3 heterocycles. The molecular weight excluding hydrogens is 595 g/mol. The number of carbonyl (C=O) groups excluding carboxylic acids is 2. The number of nitrogens with zero attached hydrogens (tertiary/aromatic N) is 3. The molecule has 0 bridgehead atoms.